The van der Waals surface area contributed by atoms with Crippen molar-refractivity contribution >= 4 is 11.9 Å². The SMILES string of the molecule is CCOCC1(CC2CCCCC2)NC(=N)N(C)C1=O. The minimum Gasteiger partial charge on any atom is -0.379 e. The fourth-order valence-corrected chi connectivity index (χ4v) is 3.24. The van der Waals surface area contributed by atoms with E-state index in [0.717, 1.165) is 6.42 Å². The van der Waals surface area contributed by atoms with Gasteiger partial charge in [0.15, 0.2) is 5.96 Å². The normalized spacial score (nSPS) is 28.8. The van der Waals surface area contributed by atoms with E-state index in [4.69, 9.17) is 10.1 Å². The first kappa shape index (κ1) is 14.3. The van der Waals surface area contributed by atoms with Gasteiger partial charge in [-0.3, -0.25) is 15.1 Å². The molecule has 0 aromatic rings. The summed E-state index contributed by atoms with van der Waals surface area (Å²) in [5, 5.41) is 10.9. The molecule has 1 atom stereocenters. The van der Waals surface area contributed by atoms with Gasteiger partial charge < -0.3 is 10.1 Å². The fraction of sp³-hybridized carbons (Fsp3) is 0.857. The maximum atomic E-state index is 12.5. The van der Waals surface area contributed by atoms with Crippen molar-refractivity contribution in [1.82, 2.24) is 10.2 Å². The van der Waals surface area contributed by atoms with Crippen molar-refractivity contribution < 1.29 is 9.53 Å². The van der Waals surface area contributed by atoms with Crippen LogP contribution in [0, 0.1) is 11.3 Å². The molecule has 5 nitrogen and oxygen atoms in total. The number of nitrogens with one attached hydrogen (secondary N) is 2. The summed E-state index contributed by atoms with van der Waals surface area (Å²) < 4.78 is 5.52. The second kappa shape index (κ2) is 5.90. The summed E-state index contributed by atoms with van der Waals surface area (Å²) >= 11 is 0. The number of nitrogens with zero attached hydrogens (tertiary/aromatic N) is 1. The highest BCUT2D eigenvalue weighted by atomic mass is 16.5. The molecule has 1 aliphatic carbocycles. The molecule has 1 saturated heterocycles. The molecule has 19 heavy (non-hydrogen) atoms. The van der Waals surface area contributed by atoms with E-state index < -0.39 is 5.54 Å². The third kappa shape index (κ3) is 2.91. The van der Waals surface area contributed by atoms with Gasteiger partial charge in [-0.25, -0.2) is 0 Å². The van der Waals surface area contributed by atoms with Gasteiger partial charge in [0.1, 0.15) is 5.54 Å². The number of hydrogen-bond acceptors (Lipinski definition) is 3. The number of likely N-dealkylation sites (N-methyl/N-ethyl adjacent to an activating group) is 1. The Hall–Kier alpha value is -1.10. The van der Waals surface area contributed by atoms with E-state index in [9.17, 15) is 4.79 Å². The van der Waals surface area contributed by atoms with Crippen LogP contribution in [0.3, 0.4) is 0 Å². The van der Waals surface area contributed by atoms with Crippen molar-refractivity contribution in [2.75, 3.05) is 20.3 Å². The standard InChI is InChI=1S/C14H25N3O2/c1-3-19-10-14(9-11-7-5-4-6-8-11)12(18)17(2)13(15)16-14/h11H,3-10H2,1-2H3,(H2,15,16). The maximum Gasteiger partial charge on any atom is 0.257 e. The smallest absolute Gasteiger partial charge is 0.257 e. The van der Waals surface area contributed by atoms with Gasteiger partial charge in [0.25, 0.3) is 5.91 Å². The maximum absolute atomic E-state index is 12.5. The largest absolute Gasteiger partial charge is 0.379 e. The summed E-state index contributed by atoms with van der Waals surface area (Å²) in [6, 6.07) is 0. The van der Waals surface area contributed by atoms with Crippen LogP contribution in [0.5, 0.6) is 0 Å². The average molecular weight is 267 g/mol. The van der Waals surface area contributed by atoms with Crippen molar-refractivity contribution in [2.24, 2.45) is 5.92 Å². The lowest BCUT2D eigenvalue weighted by Crippen LogP contribution is -2.52. The third-order valence-corrected chi connectivity index (χ3v) is 4.32. The average Bonchev–Trinajstić information content (AvgIpc) is 2.63. The molecular weight excluding hydrogens is 242 g/mol. The molecule has 2 rings (SSSR count). The van der Waals surface area contributed by atoms with E-state index in [-0.39, 0.29) is 11.9 Å². The molecule has 2 fully saturated rings. The zero-order valence-corrected chi connectivity index (χ0v) is 12.0. The minimum atomic E-state index is -0.705. The van der Waals surface area contributed by atoms with Crippen LogP contribution < -0.4 is 5.32 Å². The predicted octanol–water partition coefficient (Wildman–Crippen LogP) is 1.73. The van der Waals surface area contributed by atoms with Crippen molar-refractivity contribution in [3.63, 3.8) is 0 Å². The molecular formula is C14H25N3O2. The van der Waals surface area contributed by atoms with E-state index in [1.165, 1.54) is 37.0 Å². The number of carbonyl (C=O) groups excluding carboxylic acids is 1. The summed E-state index contributed by atoms with van der Waals surface area (Å²) in [6.45, 7) is 2.90. The highest BCUT2D eigenvalue weighted by Crippen LogP contribution is 2.33. The van der Waals surface area contributed by atoms with Gasteiger partial charge in [0.2, 0.25) is 0 Å². The fourth-order valence-electron chi connectivity index (χ4n) is 3.24. The topological polar surface area (TPSA) is 65.4 Å². The van der Waals surface area contributed by atoms with Crippen molar-refractivity contribution in [1.29, 1.82) is 5.41 Å². The molecule has 1 heterocycles. The van der Waals surface area contributed by atoms with E-state index in [2.05, 4.69) is 5.32 Å². The molecule has 0 aromatic carbocycles. The molecule has 5 heteroatoms. The summed E-state index contributed by atoms with van der Waals surface area (Å²) in [7, 11) is 1.66. The minimum absolute atomic E-state index is 0.0171. The number of rotatable bonds is 5. The lowest BCUT2D eigenvalue weighted by Gasteiger charge is -2.32. The van der Waals surface area contributed by atoms with E-state index in [1.807, 2.05) is 6.92 Å². The summed E-state index contributed by atoms with van der Waals surface area (Å²) in [4.78, 5) is 13.9. The Morgan fingerprint density at radius 1 is 1.42 bits per heavy atom. The van der Waals surface area contributed by atoms with Gasteiger partial charge in [-0.15, -0.1) is 0 Å². The number of amides is 1. The summed E-state index contributed by atoms with van der Waals surface area (Å²) in [5.74, 6) is 0.752. The lowest BCUT2D eigenvalue weighted by molar-refractivity contribution is -0.133. The van der Waals surface area contributed by atoms with Gasteiger partial charge >= 0.3 is 0 Å². The third-order valence-electron chi connectivity index (χ3n) is 4.32. The van der Waals surface area contributed by atoms with Crippen LogP contribution >= 0.6 is 0 Å². The molecule has 108 valence electrons. The molecule has 1 amide bonds. The Balaban J connectivity index is 2.10. The van der Waals surface area contributed by atoms with E-state index in [0.29, 0.717) is 19.1 Å². The Bertz CT molecular complexity index is 353. The second-order valence-corrected chi connectivity index (χ2v) is 5.77. The van der Waals surface area contributed by atoms with Crippen LogP contribution in [0.25, 0.3) is 0 Å². The van der Waals surface area contributed by atoms with Crippen LogP contribution in [0.2, 0.25) is 0 Å². The molecule has 1 aliphatic heterocycles. The number of ether oxygens (including phenoxy) is 1. The second-order valence-electron chi connectivity index (χ2n) is 5.77. The van der Waals surface area contributed by atoms with E-state index in [1.54, 1.807) is 7.05 Å². The van der Waals surface area contributed by atoms with Crippen LogP contribution in [0.15, 0.2) is 0 Å². The number of guanidine groups is 1. The molecule has 0 radical (unpaired) electrons. The molecule has 2 aliphatic rings. The molecule has 0 aromatic heterocycles. The van der Waals surface area contributed by atoms with Crippen LogP contribution in [-0.2, 0) is 9.53 Å². The van der Waals surface area contributed by atoms with Crippen molar-refractivity contribution in [2.45, 2.75) is 51.0 Å². The van der Waals surface area contributed by atoms with Crippen LogP contribution in [0.1, 0.15) is 45.4 Å². The Kier molecular flexibility index (Phi) is 4.45. The lowest BCUT2D eigenvalue weighted by atomic mass is 9.79. The molecule has 2 N–H and O–H groups in total. The Morgan fingerprint density at radius 2 is 2.11 bits per heavy atom. The van der Waals surface area contributed by atoms with Crippen molar-refractivity contribution in [3.8, 4) is 0 Å². The first-order valence-corrected chi connectivity index (χ1v) is 7.31. The zero-order chi connectivity index (χ0) is 13.9. The van der Waals surface area contributed by atoms with Crippen LogP contribution in [0.4, 0.5) is 0 Å². The summed E-state index contributed by atoms with van der Waals surface area (Å²) in [6.07, 6.45) is 7.01. The zero-order valence-electron chi connectivity index (χ0n) is 12.0. The monoisotopic (exact) mass is 267 g/mol. The molecule has 1 saturated carbocycles. The number of hydrogen-bond donors (Lipinski definition) is 2. The summed E-state index contributed by atoms with van der Waals surface area (Å²) in [5.41, 5.74) is -0.705. The molecule has 1 unspecified atom stereocenters. The van der Waals surface area contributed by atoms with E-state index >= 15 is 0 Å². The predicted molar refractivity (Wildman–Crippen MR) is 74.0 cm³/mol. The first-order chi connectivity index (χ1) is 9.09. The van der Waals surface area contributed by atoms with Gasteiger partial charge in [0.05, 0.1) is 6.61 Å². The quantitative estimate of drug-likeness (QED) is 0.797. The Morgan fingerprint density at radius 3 is 2.63 bits per heavy atom. The van der Waals surface area contributed by atoms with Gasteiger partial charge in [-0.2, -0.15) is 0 Å². The number of carbonyl (C=O) groups is 1. The highest BCUT2D eigenvalue weighted by molar-refractivity contribution is 6.07. The van der Waals surface area contributed by atoms with Gasteiger partial charge in [0, 0.05) is 13.7 Å². The van der Waals surface area contributed by atoms with Crippen molar-refractivity contribution in [3.05, 3.63) is 0 Å². The van der Waals surface area contributed by atoms with Gasteiger partial charge in [-0.05, 0) is 19.3 Å². The van der Waals surface area contributed by atoms with Gasteiger partial charge in [-0.1, -0.05) is 32.1 Å². The first-order valence-electron chi connectivity index (χ1n) is 7.31. The highest BCUT2D eigenvalue weighted by Gasteiger charge is 2.49. The molecule has 0 bridgehead atoms. The molecule has 0 spiro atoms. The van der Waals surface area contributed by atoms with Crippen LogP contribution in [-0.4, -0.2) is 42.6 Å². The Labute approximate surface area is 115 Å².